The summed E-state index contributed by atoms with van der Waals surface area (Å²) >= 11 is 11.4. The van der Waals surface area contributed by atoms with Gasteiger partial charge < -0.3 is 0 Å². The van der Waals surface area contributed by atoms with Crippen molar-refractivity contribution in [2.45, 2.75) is 31.3 Å². The second-order valence-corrected chi connectivity index (χ2v) is 7.16. The Hall–Kier alpha value is -0.930. The number of nitrogens with zero attached hydrogens (tertiary/aromatic N) is 1. The van der Waals surface area contributed by atoms with E-state index in [0.29, 0.717) is 0 Å². The van der Waals surface area contributed by atoms with Crippen LogP contribution in [0.5, 0.6) is 0 Å². The Morgan fingerprint density at radius 2 is 1.85 bits per heavy atom. The van der Waals surface area contributed by atoms with Gasteiger partial charge in [-0.15, -0.1) is 0 Å². The van der Waals surface area contributed by atoms with E-state index in [-0.39, 0.29) is 5.02 Å². The quantitative estimate of drug-likeness (QED) is 0.669. The van der Waals surface area contributed by atoms with Crippen LogP contribution >= 0.6 is 23.2 Å². The van der Waals surface area contributed by atoms with Crippen molar-refractivity contribution in [2.24, 2.45) is 0 Å². The van der Waals surface area contributed by atoms with Crippen LogP contribution in [-0.2, 0) is 14.9 Å². The van der Waals surface area contributed by atoms with Gasteiger partial charge in [-0.05, 0) is 32.9 Å². The van der Waals surface area contributed by atoms with Crippen molar-refractivity contribution < 1.29 is 18.2 Å². The van der Waals surface area contributed by atoms with Crippen molar-refractivity contribution >= 4 is 38.9 Å². The fourth-order valence-corrected chi connectivity index (χ4v) is 2.96. The number of benzene rings is 1. The molecular formula is C10H12Cl2N2O5S. The third-order valence-corrected chi connectivity index (χ3v) is 3.98. The van der Waals surface area contributed by atoms with Gasteiger partial charge in [-0.2, -0.15) is 0 Å². The van der Waals surface area contributed by atoms with E-state index in [2.05, 4.69) is 0 Å². The number of nitro benzene ring substituents is 1. The third kappa shape index (κ3) is 4.03. The maximum absolute atomic E-state index is 12.0. The van der Waals surface area contributed by atoms with Gasteiger partial charge in [0.2, 0.25) is 0 Å². The van der Waals surface area contributed by atoms with Crippen LogP contribution in [0.1, 0.15) is 20.8 Å². The molecule has 0 aliphatic rings. The van der Waals surface area contributed by atoms with E-state index in [4.69, 9.17) is 28.0 Å². The summed E-state index contributed by atoms with van der Waals surface area (Å²) in [7, 11) is -4.16. The second kappa shape index (κ2) is 5.82. The number of nitrogens with one attached hydrogen (secondary N) is 1. The highest BCUT2D eigenvalue weighted by atomic mass is 35.5. The molecule has 0 bridgehead atoms. The largest absolute Gasteiger partial charge is 0.307 e. The average Bonchev–Trinajstić information content (AvgIpc) is 2.24. The number of hydrogen-bond acceptors (Lipinski definition) is 5. The Bertz CT molecular complexity index is 640. The lowest BCUT2D eigenvalue weighted by atomic mass is 10.2. The highest BCUT2D eigenvalue weighted by molar-refractivity contribution is 7.89. The van der Waals surface area contributed by atoms with Crippen LogP contribution in [0, 0.1) is 10.1 Å². The summed E-state index contributed by atoms with van der Waals surface area (Å²) in [6, 6.07) is 2.14. The summed E-state index contributed by atoms with van der Waals surface area (Å²) in [5.74, 6) is 0. The van der Waals surface area contributed by atoms with Crippen LogP contribution in [-0.4, -0.2) is 18.9 Å². The molecule has 1 aromatic rings. The van der Waals surface area contributed by atoms with E-state index >= 15 is 0 Å². The van der Waals surface area contributed by atoms with Gasteiger partial charge in [0.1, 0.15) is 14.9 Å². The zero-order valence-corrected chi connectivity index (χ0v) is 13.1. The minimum absolute atomic E-state index is 0.254. The van der Waals surface area contributed by atoms with Gasteiger partial charge >= 0.3 is 5.69 Å². The molecule has 0 unspecified atom stereocenters. The van der Waals surface area contributed by atoms with E-state index in [1.165, 1.54) is 0 Å². The maximum Gasteiger partial charge on any atom is 0.307 e. The zero-order valence-electron chi connectivity index (χ0n) is 10.8. The van der Waals surface area contributed by atoms with Crippen LogP contribution in [0.15, 0.2) is 17.0 Å². The Kier molecular flexibility index (Phi) is 4.99. The molecule has 0 amide bonds. The predicted molar refractivity (Wildman–Crippen MR) is 74.3 cm³/mol. The van der Waals surface area contributed by atoms with Crippen molar-refractivity contribution in [2.75, 3.05) is 0 Å². The van der Waals surface area contributed by atoms with Gasteiger partial charge in [0.15, 0.2) is 0 Å². The molecule has 0 saturated heterocycles. The predicted octanol–water partition coefficient (Wildman–Crippen LogP) is 2.91. The molecular weight excluding hydrogens is 331 g/mol. The minimum Gasteiger partial charge on any atom is -0.281 e. The molecule has 0 aliphatic heterocycles. The Morgan fingerprint density at radius 3 is 2.30 bits per heavy atom. The first kappa shape index (κ1) is 17.1. The van der Waals surface area contributed by atoms with Gasteiger partial charge in [-0.1, -0.05) is 28.1 Å². The third-order valence-electron chi connectivity index (χ3n) is 1.96. The summed E-state index contributed by atoms with van der Waals surface area (Å²) in [6.45, 7) is 4.88. The summed E-state index contributed by atoms with van der Waals surface area (Å²) in [6.07, 6.45) is 0. The van der Waals surface area contributed by atoms with E-state index < -0.39 is 36.2 Å². The normalized spacial score (nSPS) is 12.4. The summed E-state index contributed by atoms with van der Waals surface area (Å²) in [5.41, 5.74) is -1.45. The molecule has 0 aliphatic carbocycles. The van der Waals surface area contributed by atoms with Gasteiger partial charge in [0.25, 0.3) is 10.0 Å². The van der Waals surface area contributed by atoms with Crippen LogP contribution in [0.3, 0.4) is 0 Å². The molecule has 0 saturated carbocycles. The van der Waals surface area contributed by atoms with E-state index in [1.54, 1.807) is 20.8 Å². The van der Waals surface area contributed by atoms with Gasteiger partial charge in [-0.25, -0.2) is 8.42 Å². The number of nitro groups is 1. The molecule has 7 nitrogen and oxygen atoms in total. The van der Waals surface area contributed by atoms with Gasteiger partial charge in [-0.3, -0.25) is 15.0 Å². The van der Waals surface area contributed by atoms with Crippen molar-refractivity contribution in [1.82, 2.24) is 4.89 Å². The highest BCUT2D eigenvalue weighted by Crippen LogP contribution is 2.37. The highest BCUT2D eigenvalue weighted by Gasteiger charge is 2.28. The molecule has 1 rings (SSSR count). The average molecular weight is 343 g/mol. The molecule has 10 heteroatoms. The first-order valence-corrected chi connectivity index (χ1v) is 7.52. The smallest absolute Gasteiger partial charge is 0.281 e. The molecule has 20 heavy (non-hydrogen) atoms. The van der Waals surface area contributed by atoms with Crippen molar-refractivity contribution in [3.63, 3.8) is 0 Å². The maximum atomic E-state index is 12.0. The van der Waals surface area contributed by atoms with Crippen molar-refractivity contribution in [3.8, 4) is 0 Å². The van der Waals surface area contributed by atoms with Crippen LogP contribution in [0.25, 0.3) is 0 Å². The topological polar surface area (TPSA) is 98.5 Å². The Labute approximate surface area is 126 Å². The fraction of sp³-hybridized carbons (Fsp3) is 0.400. The first-order valence-electron chi connectivity index (χ1n) is 5.28. The number of rotatable bonds is 4. The fourth-order valence-electron chi connectivity index (χ4n) is 1.12. The summed E-state index contributed by atoms with van der Waals surface area (Å²) in [4.78, 5) is 16.3. The SMILES string of the molecule is CC(C)(C)ONS(=O)(=O)c1ccc(Cl)c([N+](=O)[O-])c1Cl. The van der Waals surface area contributed by atoms with Crippen LogP contribution < -0.4 is 4.89 Å². The number of sulfonamides is 1. The van der Waals surface area contributed by atoms with Crippen molar-refractivity contribution in [3.05, 3.63) is 32.3 Å². The lowest BCUT2D eigenvalue weighted by molar-refractivity contribution is -0.384. The lowest BCUT2D eigenvalue weighted by Gasteiger charge is -2.19. The number of halogens is 2. The van der Waals surface area contributed by atoms with E-state index in [1.807, 2.05) is 4.89 Å². The lowest BCUT2D eigenvalue weighted by Crippen LogP contribution is -2.33. The van der Waals surface area contributed by atoms with Crippen molar-refractivity contribution in [1.29, 1.82) is 0 Å². The second-order valence-electron chi connectivity index (χ2n) is 4.77. The number of hydrogen-bond donors (Lipinski definition) is 1. The summed E-state index contributed by atoms with van der Waals surface area (Å²) < 4.78 is 24.0. The Morgan fingerprint density at radius 1 is 1.30 bits per heavy atom. The monoisotopic (exact) mass is 342 g/mol. The molecule has 1 N–H and O–H groups in total. The van der Waals surface area contributed by atoms with Crippen LogP contribution in [0.4, 0.5) is 5.69 Å². The van der Waals surface area contributed by atoms with Gasteiger partial charge in [0, 0.05) is 0 Å². The molecule has 0 aromatic heterocycles. The first-order chi connectivity index (χ1) is 8.96. The molecule has 1 aromatic carbocycles. The van der Waals surface area contributed by atoms with E-state index in [9.17, 15) is 18.5 Å². The zero-order chi connectivity index (χ0) is 15.7. The molecule has 0 fully saturated rings. The Balaban J connectivity index is 3.27. The molecule has 0 radical (unpaired) electrons. The standard InChI is InChI=1S/C10H12Cl2N2O5S/c1-10(2,3)19-13-20(17,18)7-5-4-6(11)9(8(7)12)14(15)16/h4-5,13H,1-3H3. The van der Waals surface area contributed by atoms with Gasteiger partial charge in [0.05, 0.1) is 10.5 Å². The van der Waals surface area contributed by atoms with E-state index in [0.717, 1.165) is 12.1 Å². The molecule has 0 spiro atoms. The summed E-state index contributed by atoms with van der Waals surface area (Å²) in [5, 5.41) is 10.00. The minimum atomic E-state index is -4.16. The molecule has 0 heterocycles. The molecule has 0 atom stereocenters. The van der Waals surface area contributed by atoms with Crippen LogP contribution in [0.2, 0.25) is 10.0 Å². The molecule has 112 valence electrons.